The average molecular weight is 289 g/mol. The highest BCUT2D eigenvalue weighted by atomic mass is 32.1. The number of ether oxygens (including phenoxy) is 1. The monoisotopic (exact) mass is 289 g/mol. The summed E-state index contributed by atoms with van der Waals surface area (Å²) < 4.78 is 5.80. The molecule has 2 atom stereocenters. The molecule has 0 radical (unpaired) electrons. The van der Waals surface area contributed by atoms with Crippen molar-refractivity contribution in [2.75, 3.05) is 52.4 Å². The molecule has 0 bridgehead atoms. The number of hydrogen-bond donors (Lipinski definition) is 3. The fraction of sp³-hybridized carbons (Fsp3) is 1.00. The first-order chi connectivity index (χ1) is 9.08. The first-order valence-electron chi connectivity index (χ1n) is 7.51. The van der Waals surface area contributed by atoms with Gasteiger partial charge in [0.2, 0.25) is 0 Å². The van der Waals surface area contributed by atoms with Crippen LogP contribution in [0.4, 0.5) is 0 Å². The van der Waals surface area contributed by atoms with Crippen LogP contribution in [0.2, 0.25) is 0 Å². The molecular weight excluding hydrogens is 258 g/mol. The molecule has 2 N–H and O–H groups in total. The fourth-order valence-corrected chi connectivity index (χ4v) is 2.32. The van der Waals surface area contributed by atoms with Crippen LogP contribution in [0, 0.1) is 5.92 Å². The molecule has 4 nitrogen and oxygen atoms in total. The van der Waals surface area contributed by atoms with Crippen molar-refractivity contribution in [1.82, 2.24) is 15.5 Å². The quantitative estimate of drug-likeness (QED) is 0.434. The summed E-state index contributed by atoms with van der Waals surface area (Å²) in [6.07, 6.45) is 0.344. The van der Waals surface area contributed by atoms with Gasteiger partial charge in [-0.3, -0.25) is 4.90 Å². The van der Waals surface area contributed by atoms with Crippen LogP contribution >= 0.6 is 12.6 Å². The lowest BCUT2D eigenvalue weighted by molar-refractivity contribution is -0.0266. The molecule has 19 heavy (non-hydrogen) atoms. The normalized spacial score (nSPS) is 22.9. The zero-order valence-electron chi connectivity index (χ0n) is 12.7. The summed E-state index contributed by atoms with van der Waals surface area (Å²) in [7, 11) is 0. The minimum Gasteiger partial charge on any atom is -0.374 e. The number of nitrogens with zero attached hydrogens (tertiary/aromatic N) is 1. The molecule has 1 unspecified atom stereocenters. The smallest absolute Gasteiger partial charge is 0.0826 e. The summed E-state index contributed by atoms with van der Waals surface area (Å²) in [6, 6.07) is 0. The molecule has 1 heterocycles. The highest BCUT2D eigenvalue weighted by molar-refractivity contribution is 7.80. The third-order valence-corrected chi connectivity index (χ3v) is 3.37. The molecular formula is C14H31N3OS. The molecule has 1 aliphatic rings. The largest absolute Gasteiger partial charge is 0.374 e. The van der Waals surface area contributed by atoms with Gasteiger partial charge in [-0.05, 0) is 12.5 Å². The second-order valence-electron chi connectivity index (χ2n) is 5.90. The third kappa shape index (κ3) is 8.87. The molecule has 114 valence electrons. The van der Waals surface area contributed by atoms with Gasteiger partial charge in [-0.15, -0.1) is 0 Å². The van der Waals surface area contributed by atoms with Crippen molar-refractivity contribution in [2.24, 2.45) is 5.92 Å². The van der Waals surface area contributed by atoms with Gasteiger partial charge in [-0.1, -0.05) is 20.8 Å². The van der Waals surface area contributed by atoms with E-state index in [9.17, 15) is 0 Å². The Morgan fingerprint density at radius 2 is 2.05 bits per heavy atom. The maximum Gasteiger partial charge on any atom is 0.0826 e. The first kappa shape index (κ1) is 17.2. The van der Waals surface area contributed by atoms with Gasteiger partial charge >= 0.3 is 0 Å². The average Bonchev–Trinajstić information content (AvgIpc) is 2.34. The summed E-state index contributed by atoms with van der Waals surface area (Å²) in [5.41, 5.74) is 0. The molecule has 0 saturated carbocycles. The van der Waals surface area contributed by atoms with Gasteiger partial charge in [0, 0.05) is 44.5 Å². The zero-order chi connectivity index (χ0) is 14.1. The molecule has 1 saturated heterocycles. The van der Waals surface area contributed by atoms with Crippen molar-refractivity contribution in [2.45, 2.75) is 32.1 Å². The van der Waals surface area contributed by atoms with E-state index in [-0.39, 0.29) is 0 Å². The number of nitrogens with one attached hydrogen (secondary N) is 2. The first-order valence-corrected chi connectivity index (χ1v) is 8.03. The summed E-state index contributed by atoms with van der Waals surface area (Å²) in [4.78, 5) is 2.49. The molecule has 1 rings (SSSR count). The van der Waals surface area contributed by atoms with Crippen molar-refractivity contribution in [1.29, 1.82) is 0 Å². The Kier molecular flexibility index (Phi) is 9.07. The van der Waals surface area contributed by atoms with Gasteiger partial charge < -0.3 is 15.4 Å². The van der Waals surface area contributed by atoms with Crippen LogP contribution in [0.1, 0.15) is 20.8 Å². The topological polar surface area (TPSA) is 36.5 Å². The molecule has 0 aromatic heterocycles. The summed E-state index contributed by atoms with van der Waals surface area (Å²) in [5, 5.41) is 7.34. The predicted molar refractivity (Wildman–Crippen MR) is 85.2 cm³/mol. The number of morpholine rings is 1. The minimum absolute atomic E-state index is 0.344. The number of hydrogen-bond acceptors (Lipinski definition) is 5. The van der Waals surface area contributed by atoms with Crippen LogP contribution < -0.4 is 10.6 Å². The second-order valence-corrected chi connectivity index (χ2v) is 6.78. The van der Waals surface area contributed by atoms with E-state index < -0.39 is 0 Å². The van der Waals surface area contributed by atoms with Gasteiger partial charge in [-0.25, -0.2) is 0 Å². The van der Waals surface area contributed by atoms with Crippen LogP contribution in [0.25, 0.3) is 0 Å². The standard InChI is InChI=1S/C14H31N3OS/c1-12(2)8-16-10-14-11-17(6-7-18-14)5-4-15-9-13(3)19/h12-16,19H,4-11H2,1-3H3/t13?,14-/m0/s1. The summed E-state index contributed by atoms with van der Waals surface area (Å²) >= 11 is 4.36. The van der Waals surface area contributed by atoms with Crippen molar-refractivity contribution < 1.29 is 4.74 Å². The molecule has 1 fully saturated rings. The van der Waals surface area contributed by atoms with E-state index in [1.807, 2.05) is 0 Å². The molecule has 0 aromatic carbocycles. The Morgan fingerprint density at radius 1 is 1.26 bits per heavy atom. The van der Waals surface area contributed by atoms with E-state index >= 15 is 0 Å². The maximum atomic E-state index is 5.80. The van der Waals surface area contributed by atoms with Crippen LogP contribution in [0.15, 0.2) is 0 Å². The number of rotatable bonds is 9. The van der Waals surface area contributed by atoms with Crippen LogP contribution in [0.5, 0.6) is 0 Å². The number of thiol groups is 1. The van der Waals surface area contributed by atoms with Crippen molar-refractivity contribution in [3.63, 3.8) is 0 Å². The lowest BCUT2D eigenvalue weighted by Crippen LogP contribution is -2.48. The van der Waals surface area contributed by atoms with Crippen molar-refractivity contribution >= 4 is 12.6 Å². The Balaban J connectivity index is 2.08. The van der Waals surface area contributed by atoms with Crippen LogP contribution in [0.3, 0.4) is 0 Å². The van der Waals surface area contributed by atoms with Crippen LogP contribution in [-0.2, 0) is 4.74 Å². The van der Waals surface area contributed by atoms with E-state index in [1.54, 1.807) is 0 Å². The second kappa shape index (κ2) is 10.00. The van der Waals surface area contributed by atoms with E-state index in [1.165, 1.54) is 0 Å². The van der Waals surface area contributed by atoms with Gasteiger partial charge in [0.25, 0.3) is 0 Å². The Labute approximate surface area is 124 Å². The Hall–Kier alpha value is 0.190. The minimum atomic E-state index is 0.344. The molecule has 0 aliphatic carbocycles. The lowest BCUT2D eigenvalue weighted by atomic mass is 10.2. The lowest BCUT2D eigenvalue weighted by Gasteiger charge is -2.33. The van der Waals surface area contributed by atoms with Gasteiger partial charge in [0.1, 0.15) is 0 Å². The SMILES string of the molecule is CC(C)CNC[C@H]1CN(CCNCC(C)S)CCO1. The van der Waals surface area contributed by atoms with Crippen molar-refractivity contribution in [3.8, 4) is 0 Å². The molecule has 0 amide bonds. The Bertz CT molecular complexity index is 227. The zero-order valence-corrected chi connectivity index (χ0v) is 13.6. The van der Waals surface area contributed by atoms with Crippen LogP contribution in [-0.4, -0.2) is 68.7 Å². The molecule has 5 heteroatoms. The van der Waals surface area contributed by atoms with Gasteiger partial charge in [0.05, 0.1) is 12.7 Å². The van der Waals surface area contributed by atoms with Gasteiger partial charge in [0.15, 0.2) is 0 Å². The van der Waals surface area contributed by atoms with Crippen molar-refractivity contribution in [3.05, 3.63) is 0 Å². The van der Waals surface area contributed by atoms with Gasteiger partial charge in [-0.2, -0.15) is 12.6 Å². The summed E-state index contributed by atoms with van der Waals surface area (Å²) in [5.74, 6) is 0.701. The van der Waals surface area contributed by atoms with E-state index in [0.717, 1.165) is 52.4 Å². The predicted octanol–water partition coefficient (Wildman–Crippen LogP) is 0.841. The molecule has 0 spiro atoms. The highest BCUT2D eigenvalue weighted by Gasteiger charge is 2.19. The van der Waals surface area contributed by atoms with E-state index in [2.05, 4.69) is 48.9 Å². The Morgan fingerprint density at radius 3 is 2.74 bits per heavy atom. The molecule has 0 aromatic rings. The van der Waals surface area contributed by atoms with E-state index in [4.69, 9.17) is 4.74 Å². The third-order valence-electron chi connectivity index (χ3n) is 3.19. The fourth-order valence-electron chi connectivity index (χ4n) is 2.19. The van der Waals surface area contributed by atoms with E-state index in [0.29, 0.717) is 17.3 Å². The maximum absolute atomic E-state index is 5.80. The molecule has 1 aliphatic heterocycles. The summed E-state index contributed by atoms with van der Waals surface area (Å²) in [6.45, 7) is 14.7. The highest BCUT2D eigenvalue weighted by Crippen LogP contribution is 2.04.